The molecule has 0 fully saturated rings. The number of rotatable bonds is 5. The Morgan fingerprint density at radius 3 is 1.96 bits per heavy atom. The third-order valence-electron chi connectivity index (χ3n) is 3.73. The molecule has 0 amide bonds. The standard InChI is InChI=1S/C15H18N2O7S/c1-9-13(14(18)17(3)15(19)16(9)2)25(20,21)24-12-10(22-4)7-6-8-11(12)23-5/h6-8H,1-5H3. The minimum Gasteiger partial charge on any atom is -0.493 e. The zero-order chi connectivity index (χ0) is 18.9. The first-order valence-corrected chi connectivity index (χ1v) is 8.48. The molecule has 0 N–H and O–H groups in total. The highest BCUT2D eigenvalue weighted by Crippen LogP contribution is 2.38. The Labute approximate surface area is 144 Å². The van der Waals surface area contributed by atoms with Crippen LogP contribution in [0.2, 0.25) is 0 Å². The Morgan fingerprint density at radius 1 is 0.960 bits per heavy atom. The number of methoxy groups -OCH3 is 2. The molecule has 0 aliphatic heterocycles. The van der Waals surface area contributed by atoms with E-state index in [0.717, 1.165) is 4.57 Å². The van der Waals surface area contributed by atoms with Crippen LogP contribution in [-0.4, -0.2) is 31.8 Å². The van der Waals surface area contributed by atoms with Crippen molar-refractivity contribution in [2.45, 2.75) is 11.8 Å². The summed E-state index contributed by atoms with van der Waals surface area (Å²) in [6.45, 7) is 1.35. The molecule has 0 bridgehead atoms. The van der Waals surface area contributed by atoms with Crippen molar-refractivity contribution in [2.24, 2.45) is 14.1 Å². The fraction of sp³-hybridized carbons (Fsp3) is 0.333. The van der Waals surface area contributed by atoms with Crippen LogP contribution in [-0.2, 0) is 24.2 Å². The van der Waals surface area contributed by atoms with Crippen molar-refractivity contribution < 1.29 is 22.1 Å². The molecule has 0 unspecified atom stereocenters. The van der Waals surface area contributed by atoms with Gasteiger partial charge in [-0.1, -0.05) is 6.07 Å². The van der Waals surface area contributed by atoms with Crippen molar-refractivity contribution in [1.82, 2.24) is 9.13 Å². The van der Waals surface area contributed by atoms with Crippen LogP contribution in [0.1, 0.15) is 5.69 Å². The summed E-state index contributed by atoms with van der Waals surface area (Å²) in [5.41, 5.74) is -1.66. The molecule has 0 radical (unpaired) electrons. The number of para-hydroxylation sites is 1. The highest BCUT2D eigenvalue weighted by atomic mass is 32.2. The van der Waals surface area contributed by atoms with Crippen LogP contribution >= 0.6 is 0 Å². The van der Waals surface area contributed by atoms with Crippen LogP contribution in [0.5, 0.6) is 17.2 Å². The van der Waals surface area contributed by atoms with E-state index in [1.807, 2.05) is 0 Å². The fourth-order valence-electron chi connectivity index (χ4n) is 2.25. The van der Waals surface area contributed by atoms with Gasteiger partial charge in [-0.25, -0.2) is 4.79 Å². The van der Waals surface area contributed by atoms with E-state index in [1.54, 1.807) is 6.07 Å². The Kier molecular flexibility index (Phi) is 4.93. The molecule has 1 aromatic carbocycles. The maximum Gasteiger partial charge on any atom is 0.346 e. The largest absolute Gasteiger partial charge is 0.493 e. The zero-order valence-electron chi connectivity index (χ0n) is 14.4. The molecule has 0 spiro atoms. The van der Waals surface area contributed by atoms with E-state index in [1.165, 1.54) is 47.4 Å². The van der Waals surface area contributed by atoms with E-state index in [-0.39, 0.29) is 22.9 Å². The minimum absolute atomic E-state index is 0.0398. The van der Waals surface area contributed by atoms with Gasteiger partial charge in [-0.2, -0.15) is 8.42 Å². The monoisotopic (exact) mass is 370 g/mol. The maximum absolute atomic E-state index is 12.7. The lowest BCUT2D eigenvalue weighted by molar-refractivity contribution is 0.360. The van der Waals surface area contributed by atoms with Crippen LogP contribution < -0.4 is 24.9 Å². The predicted molar refractivity (Wildman–Crippen MR) is 89.0 cm³/mol. The number of hydrogen-bond acceptors (Lipinski definition) is 7. The molecule has 10 heteroatoms. The van der Waals surface area contributed by atoms with Crippen molar-refractivity contribution in [3.63, 3.8) is 0 Å². The van der Waals surface area contributed by atoms with Gasteiger partial charge in [0.25, 0.3) is 5.56 Å². The van der Waals surface area contributed by atoms with Crippen LogP contribution in [0.4, 0.5) is 0 Å². The highest BCUT2D eigenvalue weighted by molar-refractivity contribution is 7.87. The first kappa shape index (κ1) is 18.6. The Balaban J connectivity index is 2.72. The van der Waals surface area contributed by atoms with Crippen LogP contribution in [0.25, 0.3) is 0 Å². The summed E-state index contributed by atoms with van der Waals surface area (Å²) >= 11 is 0. The molecule has 136 valence electrons. The molecule has 2 rings (SSSR count). The SMILES string of the molecule is COc1cccc(OC)c1OS(=O)(=O)c1c(C)n(C)c(=O)n(C)c1=O. The lowest BCUT2D eigenvalue weighted by Gasteiger charge is -2.16. The number of aromatic nitrogens is 2. The molecular weight excluding hydrogens is 352 g/mol. The number of nitrogens with zero attached hydrogens (tertiary/aromatic N) is 2. The van der Waals surface area contributed by atoms with Gasteiger partial charge < -0.3 is 13.7 Å². The van der Waals surface area contributed by atoms with Gasteiger partial charge in [0.15, 0.2) is 16.4 Å². The molecule has 0 aliphatic carbocycles. The topological polar surface area (TPSA) is 106 Å². The molecule has 25 heavy (non-hydrogen) atoms. The van der Waals surface area contributed by atoms with E-state index < -0.39 is 26.3 Å². The third-order valence-corrected chi connectivity index (χ3v) is 5.09. The number of benzene rings is 1. The van der Waals surface area contributed by atoms with Crippen LogP contribution in [0.3, 0.4) is 0 Å². The predicted octanol–water partition coefficient (Wildman–Crippen LogP) is 0.177. The highest BCUT2D eigenvalue weighted by Gasteiger charge is 2.29. The van der Waals surface area contributed by atoms with Crippen LogP contribution in [0.15, 0.2) is 32.7 Å². The Hall–Kier alpha value is -2.75. The normalized spacial score (nSPS) is 11.2. The summed E-state index contributed by atoms with van der Waals surface area (Å²) in [5.74, 6) is 0.0345. The minimum atomic E-state index is -4.55. The second kappa shape index (κ2) is 6.63. The summed E-state index contributed by atoms with van der Waals surface area (Å²) in [5, 5.41) is 0. The van der Waals surface area contributed by atoms with Gasteiger partial charge in [-0.05, 0) is 19.1 Å². The quantitative estimate of drug-likeness (QED) is 0.691. The van der Waals surface area contributed by atoms with E-state index in [2.05, 4.69) is 0 Å². The molecule has 0 saturated carbocycles. The maximum atomic E-state index is 12.7. The van der Waals surface area contributed by atoms with Crippen molar-refractivity contribution in [1.29, 1.82) is 0 Å². The average Bonchev–Trinajstić information content (AvgIpc) is 2.58. The van der Waals surface area contributed by atoms with Crippen LogP contribution in [0, 0.1) is 6.92 Å². The molecule has 9 nitrogen and oxygen atoms in total. The van der Waals surface area contributed by atoms with Gasteiger partial charge in [-0.3, -0.25) is 13.9 Å². The molecule has 1 heterocycles. The summed E-state index contributed by atoms with van der Waals surface area (Å²) < 4.78 is 42.5. The molecular formula is C15H18N2O7S. The van der Waals surface area contributed by atoms with Gasteiger partial charge in [0.2, 0.25) is 5.75 Å². The lowest BCUT2D eigenvalue weighted by Crippen LogP contribution is -2.41. The summed E-state index contributed by atoms with van der Waals surface area (Å²) in [6.07, 6.45) is 0. The van der Waals surface area contributed by atoms with Gasteiger partial charge in [0, 0.05) is 19.8 Å². The molecule has 1 aromatic heterocycles. The van der Waals surface area contributed by atoms with Crippen molar-refractivity contribution in [3.05, 3.63) is 44.7 Å². The summed E-state index contributed by atoms with van der Waals surface area (Å²) in [4.78, 5) is 23.6. The summed E-state index contributed by atoms with van der Waals surface area (Å²) in [7, 11) is 0.670. The second-order valence-electron chi connectivity index (χ2n) is 5.15. The first-order chi connectivity index (χ1) is 11.7. The summed E-state index contributed by atoms with van der Waals surface area (Å²) in [6, 6.07) is 4.56. The first-order valence-electron chi connectivity index (χ1n) is 7.07. The second-order valence-corrected chi connectivity index (χ2v) is 6.63. The third kappa shape index (κ3) is 3.12. The van der Waals surface area contributed by atoms with Gasteiger partial charge in [-0.15, -0.1) is 0 Å². The van der Waals surface area contributed by atoms with Gasteiger partial charge in [0.1, 0.15) is 0 Å². The van der Waals surface area contributed by atoms with Crippen molar-refractivity contribution in [3.8, 4) is 17.2 Å². The molecule has 2 aromatic rings. The Morgan fingerprint density at radius 2 is 1.48 bits per heavy atom. The van der Waals surface area contributed by atoms with Gasteiger partial charge in [0.05, 0.1) is 14.2 Å². The molecule has 0 atom stereocenters. The Bertz CT molecular complexity index is 1010. The fourth-order valence-corrected chi connectivity index (χ4v) is 3.57. The molecule has 0 saturated heterocycles. The smallest absolute Gasteiger partial charge is 0.346 e. The van der Waals surface area contributed by atoms with E-state index in [4.69, 9.17) is 13.7 Å². The molecule has 0 aliphatic rings. The zero-order valence-corrected chi connectivity index (χ0v) is 15.2. The van der Waals surface area contributed by atoms with E-state index in [9.17, 15) is 18.0 Å². The lowest BCUT2D eigenvalue weighted by atomic mass is 10.3. The van der Waals surface area contributed by atoms with Crippen molar-refractivity contribution in [2.75, 3.05) is 14.2 Å². The van der Waals surface area contributed by atoms with Gasteiger partial charge >= 0.3 is 15.8 Å². The van der Waals surface area contributed by atoms with Crippen molar-refractivity contribution >= 4 is 10.1 Å². The van der Waals surface area contributed by atoms with E-state index in [0.29, 0.717) is 4.57 Å². The number of hydrogen-bond donors (Lipinski definition) is 0. The van der Waals surface area contributed by atoms with E-state index >= 15 is 0 Å². The average molecular weight is 370 g/mol. The number of ether oxygens (including phenoxy) is 2.